The molecule has 0 aliphatic rings. The number of nitrogens with one attached hydrogen (secondary N) is 1. The van der Waals surface area contributed by atoms with Crippen molar-refractivity contribution < 1.29 is 14.3 Å². The maximum Gasteiger partial charge on any atom is 0.342 e. The average molecular weight is 448 g/mol. The number of carbonyl (C=O) groups is 1. The SMILES string of the molecule is C=C(Nc1nn(P)c2nc(N)c(C(=O)OCc3cccnc3)cc12)c1ccc(OC)cc1. The standard InChI is InChI=1S/C22H21N6O3P/c1-13(15-5-7-16(30-2)8-6-15)25-20-18-10-17(19(23)26-21(18)28(32)27-20)22(29)31-12-14-4-3-9-24-11-14/h3-11H,1,12,32H2,2H3,(H2,23,26)(H,25,27). The summed E-state index contributed by atoms with van der Waals surface area (Å²) in [6, 6.07) is 12.6. The number of hydrogen-bond donors (Lipinski definition) is 2. The molecule has 0 radical (unpaired) electrons. The quantitative estimate of drug-likeness (QED) is 0.326. The van der Waals surface area contributed by atoms with Crippen LogP contribution >= 0.6 is 9.39 Å². The molecule has 0 aliphatic carbocycles. The zero-order valence-electron chi connectivity index (χ0n) is 17.3. The lowest BCUT2D eigenvalue weighted by Gasteiger charge is -2.09. The monoisotopic (exact) mass is 448 g/mol. The van der Waals surface area contributed by atoms with Gasteiger partial charge in [0, 0.05) is 23.7 Å². The Hall–Kier alpha value is -3.97. The third-order valence-electron chi connectivity index (χ3n) is 4.73. The van der Waals surface area contributed by atoms with E-state index in [1.54, 1.807) is 31.6 Å². The van der Waals surface area contributed by atoms with Crippen LogP contribution in [0.4, 0.5) is 11.6 Å². The zero-order valence-corrected chi connectivity index (χ0v) is 18.4. The Morgan fingerprint density at radius 3 is 2.75 bits per heavy atom. The van der Waals surface area contributed by atoms with Crippen LogP contribution in [0.5, 0.6) is 5.75 Å². The molecule has 10 heteroatoms. The predicted octanol–water partition coefficient (Wildman–Crippen LogP) is 3.50. The fraction of sp³-hybridized carbons (Fsp3) is 0.0909. The lowest BCUT2D eigenvalue weighted by molar-refractivity contribution is 0.0473. The number of anilines is 2. The van der Waals surface area contributed by atoms with Crippen molar-refractivity contribution in [1.82, 2.24) is 19.5 Å². The third kappa shape index (κ3) is 4.38. The van der Waals surface area contributed by atoms with E-state index in [0.29, 0.717) is 22.5 Å². The first-order valence-electron chi connectivity index (χ1n) is 9.57. The summed E-state index contributed by atoms with van der Waals surface area (Å²) in [6.45, 7) is 4.16. The molecule has 162 valence electrons. The van der Waals surface area contributed by atoms with Crippen LogP contribution in [-0.2, 0) is 11.3 Å². The number of fused-ring (bicyclic) bond motifs is 1. The number of hydrogen-bond acceptors (Lipinski definition) is 8. The number of nitrogens with two attached hydrogens (primary N) is 1. The smallest absolute Gasteiger partial charge is 0.342 e. The van der Waals surface area contributed by atoms with Gasteiger partial charge in [-0.15, -0.1) is 5.10 Å². The Balaban J connectivity index is 1.59. The molecule has 1 unspecified atom stereocenters. The van der Waals surface area contributed by atoms with Gasteiger partial charge in [-0.2, -0.15) is 0 Å². The molecule has 0 bridgehead atoms. The summed E-state index contributed by atoms with van der Waals surface area (Å²) < 4.78 is 12.1. The molecule has 0 fully saturated rings. The Labute approximate surface area is 186 Å². The zero-order chi connectivity index (χ0) is 22.7. The molecule has 32 heavy (non-hydrogen) atoms. The molecule has 0 saturated heterocycles. The van der Waals surface area contributed by atoms with Crippen LogP contribution in [-0.4, -0.2) is 32.6 Å². The molecule has 3 aromatic heterocycles. The largest absolute Gasteiger partial charge is 0.497 e. The minimum absolute atomic E-state index is 0.0535. The molecule has 4 aromatic rings. The van der Waals surface area contributed by atoms with Gasteiger partial charge in [-0.3, -0.25) is 4.98 Å². The summed E-state index contributed by atoms with van der Waals surface area (Å²) >= 11 is 0. The summed E-state index contributed by atoms with van der Waals surface area (Å²) in [4.78, 5) is 21.0. The summed E-state index contributed by atoms with van der Waals surface area (Å²) in [5.41, 5.74) is 8.91. The van der Waals surface area contributed by atoms with Gasteiger partial charge in [0.15, 0.2) is 11.5 Å². The number of nitrogen functional groups attached to an aromatic ring is 1. The molecule has 1 aromatic carbocycles. The maximum absolute atomic E-state index is 12.7. The first-order valence-corrected chi connectivity index (χ1v) is 10.1. The number of pyridine rings is 2. The van der Waals surface area contributed by atoms with Crippen LogP contribution in [0.15, 0.2) is 61.4 Å². The Bertz CT molecular complexity index is 1290. The highest BCUT2D eigenvalue weighted by atomic mass is 31.0. The van der Waals surface area contributed by atoms with Crippen LogP contribution in [0.25, 0.3) is 16.7 Å². The van der Waals surface area contributed by atoms with Crippen molar-refractivity contribution >= 4 is 43.7 Å². The molecule has 3 N–H and O–H groups in total. The van der Waals surface area contributed by atoms with Crippen molar-refractivity contribution in [3.63, 3.8) is 0 Å². The lowest BCUT2D eigenvalue weighted by Crippen LogP contribution is -2.10. The van der Waals surface area contributed by atoms with Crippen molar-refractivity contribution in [3.05, 3.63) is 78.1 Å². The van der Waals surface area contributed by atoms with E-state index in [-0.39, 0.29) is 18.0 Å². The normalized spacial score (nSPS) is 10.7. The number of benzene rings is 1. The van der Waals surface area contributed by atoms with Crippen LogP contribution in [0.1, 0.15) is 21.5 Å². The summed E-state index contributed by atoms with van der Waals surface area (Å²) in [5, 5.41) is 8.20. The van der Waals surface area contributed by atoms with Gasteiger partial charge in [0.05, 0.1) is 12.5 Å². The van der Waals surface area contributed by atoms with Gasteiger partial charge in [-0.25, -0.2) is 14.2 Å². The molecular formula is C22H21N6O3P. The average Bonchev–Trinajstić information content (AvgIpc) is 3.11. The topological polar surface area (TPSA) is 117 Å². The van der Waals surface area contributed by atoms with E-state index in [0.717, 1.165) is 16.9 Å². The van der Waals surface area contributed by atoms with Gasteiger partial charge in [0.1, 0.15) is 23.7 Å². The number of rotatable bonds is 7. The second kappa shape index (κ2) is 9.03. The van der Waals surface area contributed by atoms with Gasteiger partial charge in [0.25, 0.3) is 0 Å². The number of ether oxygens (including phenoxy) is 2. The number of esters is 1. The van der Waals surface area contributed by atoms with Crippen LogP contribution in [0.2, 0.25) is 0 Å². The van der Waals surface area contributed by atoms with Crippen LogP contribution < -0.4 is 15.8 Å². The fourth-order valence-corrected chi connectivity index (χ4v) is 3.36. The van der Waals surface area contributed by atoms with E-state index in [4.69, 9.17) is 15.2 Å². The molecule has 0 spiro atoms. The van der Waals surface area contributed by atoms with E-state index < -0.39 is 5.97 Å². The molecule has 4 rings (SSSR count). The van der Waals surface area contributed by atoms with E-state index in [1.165, 1.54) is 4.45 Å². The number of carbonyl (C=O) groups excluding carboxylic acids is 1. The van der Waals surface area contributed by atoms with Crippen LogP contribution in [0.3, 0.4) is 0 Å². The van der Waals surface area contributed by atoms with Crippen molar-refractivity contribution in [2.45, 2.75) is 6.61 Å². The van der Waals surface area contributed by atoms with Gasteiger partial charge >= 0.3 is 5.97 Å². The van der Waals surface area contributed by atoms with E-state index >= 15 is 0 Å². The highest BCUT2D eigenvalue weighted by Gasteiger charge is 2.19. The van der Waals surface area contributed by atoms with E-state index in [1.807, 2.05) is 30.3 Å². The molecule has 1 atom stereocenters. The Morgan fingerprint density at radius 1 is 1.28 bits per heavy atom. The van der Waals surface area contributed by atoms with Crippen molar-refractivity contribution in [2.75, 3.05) is 18.2 Å². The lowest BCUT2D eigenvalue weighted by atomic mass is 10.1. The van der Waals surface area contributed by atoms with Crippen molar-refractivity contribution in [1.29, 1.82) is 0 Å². The molecule has 3 heterocycles. The first-order chi connectivity index (χ1) is 15.5. The second-order valence-electron chi connectivity index (χ2n) is 6.85. The maximum atomic E-state index is 12.7. The highest BCUT2D eigenvalue weighted by Crippen LogP contribution is 2.29. The minimum atomic E-state index is -0.586. The summed E-state index contributed by atoms with van der Waals surface area (Å²) in [6.07, 6.45) is 3.28. The van der Waals surface area contributed by atoms with Gasteiger partial charge in [-0.05, 0) is 51.4 Å². The molecule has 0 aliphatic heterocycles. The second-order valence-corrected chi connectivity index (χ2v) is 7.34. The van der Waals surface area contributed by atoms with Crippen molar-refractivity contribution in [3.8, 4) is 5.75 Å². The van der Waals surface area contributed by atoms with Gasteiger partial charge in [-0.1, -0.05) is 12.6 Å². The summed E-state index contributed by atoms with van der Waals surface area (Å²) in [7, 11) is 4.05. The predicted molar refractivity (Wildman–Crippen MR) is 126 cm³/mol. The number of nitrogens with zero attached hydrogens (tertiary/aromatic N) is 4. The Morgan fingerprint density at radius 2 is 2.06 bits per heavy atom. The molecule has 0 saturated carbocycles. The fourth-order valence-electron chi connectivity index (χ4n) is 3.05. The van der Waals surface area contributed by atoms with Crippen molar-refractivity contribution in [2.24, 2.45) is 0 Å². The first kappa shape index (κ1) is 21.3. The Kier molecular flexibility index (Phi) is 6.00. The number of aromatic nitrogens is 4. The minimum Gasteiger partial charge on any atom is -0.497 e. The highest BCUT2D eigenvalue weighted by molar-refractivity contribution is 7.14. The number of methoxy groups -OCH3 is 1. The van der Waals surface area contributed by atoms with Gasteiger partial charge in [0.2, 0.25) is 0 Å². The molecular weight excluding hydrogens is 427 g/mol. The van der Waals surface area contributed by atoms with Gasteiger partial charge < -0.3 is 20.5 Å². The third-order valence-corrected chi connectivity index (χ3v) is 5.09. The molecule has 0 amide bonds. The van der Waals surface area contributed by atoms with E-state index in [2.05, 4.69) is 36.4 Å². The van der Waals surface area contributed by atoms with E-state index in [9.17, 15) is 4.79 Å². The summed E-state index contributed by atoms with van der Waals surface area (Å²) in [5.74, 6) is 0.690. The molecule has 9 nitrogen and oxygen atoms in total. The van der Waals surface area contributed by atoms with Crippen LogP contribution in [0, 0.1) is 0 Å².